The van der Waals surface area contributed by atoms with Gasteiger partial charge in [-0.1, -0.05) is 36.4 Å². The molecular weight excluding hydrogens is 158 g/mol. The van der Waals surface area contributed by atoms with Gasteiger partial charge in [0.2, 0.25) is 0 Å². The van der Waals surface area contributed by atoms with Crippen molar-refractivity contribution in [2.75, 3.05) is 13.1 Å². The molecular formula is C12H15N. The molecule has 1 heterocycles. The molecule has 1 nitrogen and oxygen atoms in total. The molecule has 1 fully saturated rings. The molecule has 2 rings (SSSR count). The maximum absolute atomic E-state index is 3.75. The number of hydrogen-bond acceptors (Lipinski definition) is 1. The van der Waals surface area contributed by atoms with Crippen LogP contribution in [-0.4, -0.2) is 18.0 Å². The number of benzene rings is 1. The van der Waals surface area contributed by atoms with Crippen LogP contribution < -0.4 is 0 Å². The van der Waals surface area contributed by atoms with Gasteiger partial charge in [0.05, 0.1) is 0 Å². The molecule has 0 aliphatic carbocycles. The van der Waals surface area contributed by atoms with Crippen LogP contribution in [0.15, 0.2) is 37.0 Å². The second kappa shape index (κ2) is 3.25. The van der Waals surface area contributed by atoms with Crippen LogP contribution in [-0.2, 0) is 0 Å². The van der Waals surface area contributed by atoms with Crippen LogP contribution in [0.2, 0.25) is 0 Å². The standard InChI is InChI=1S/C12H15N/c1-3-13-8-12(9-13)11-6-4-10(2)5-7-11/h3-7,12H,1,8-9H2,2H3. The van der Waals surface area contributed by atoms with E-state index in [1.807, 2.05) is 6.20 Å². The first kappa shape index (κ1) is 8.36. The maximum atomic E-state index is 3.75. The number of likely N-dealkylation sites (tertiary alicyclic amines) is 1. The summed E-state index contributed by atoms with van der Waals surface area (Å²) >= 11 is 0. The molecule has 0 unspecified atom stereocenters. The minimum absolute atomic E-state index is 0.721. The average Bonchev–Trinajstić information content (AvgIpc) is 2.06. The minimum atomic E-state index is 0.721. The van der Waals surface area contributed by atoms with Gasteiger partial charge in [-0.05, 0) is 18.7 Å². The van der Waals surface area contributed by atoms with E-state index in [9.17, 15) is 0 Å². The lowest BCUT2D eigenvalue weighted by Gasteiger charge is -2.38. The quantitative estimate of drug-likeness (QED) is 0.664. The van der Waals surface area contributed by atoms with E-state index in [-0.39, 0.29) is 0 Å². The Labute approximate surface area is 79.7 Å². The maximum Gasteiger partial charge on any atom is 0.0258 e. The van der Waals surface area contributed by atoms with Crippen molar-refractivity contribution in [1.29, 1.82) is 0 Å². The number of nitrogens with zero attached hydrogens (tertiary/aromatic N) is 1. The first-order valence-electron chi connectivity index (χ1n) is 4.73. The summed E-state index contributed by atoms with van der Waals surface area (Å²) in [7, 11) is 0. The van der Waals surface area contributed by atoms with Gasteiger partial charge in [0.25, 0.3) is 0 Å². The van der Waals surface area contributed by atoms with Crippen LogP contribution in [0.4, 0.5) is 0 Å². The molecule has 1 saturated heterocycles. The zero-order chi connectivity index (χ0) is 9.26. The van der Waals surface area contributed by atoms with E-state index in [4.69, 9.17) is 0 Å². The molecule has 1 aromatic carbocycles. The van der Waals surface area contributed by atoms with Gasteiger partial charge in [-0.3, -0.25) is 0 Å². The highest BCUT2D eigenvalue weighted by Crippen LogP contribution is 2.26. The number of rotatable bonds is 2. The van der Waals surface area contributed by atoms with Gasteiger partial charge in [-0.15, -0.1) is 0 Å². The third kappa shape index (κ3) is 1.59. The van der Waals surface area contributed by atoms with Gasteiger partial charge in [-0.2, -0.15) is 0 Å². The summed E-state index contributed by atoms with van der Waals surface area (Å²) < 4.78 is 0. The highest BCUT2D eigenvalue weighted by Gasteiger charge is 2.24. The van der Waals surface area contributed by atoms with Gasteiger partial charge >= 0.3 is 0 Å². The van der Waals surface area contributed by atoms with E-state index in [0.717, 1.165) is 19.0 Å². The van der Waals surface area contributed by atoms with Gasteiger partial charge in [0.15, 0.2) is 0 Å². The largest absolute Gasteiger partial charge is 0.377 e. The molecule has 0 saturated carbocycles. The van der Waals surface area contributed by atoms with Crippen molar-refractivity contribution in [1.82, 2.24) is 4.90 Å². The lowest BCUT2D eigenvalue weighted by atomic mass is 9.91. The molecule has 0 aromatic heterocycles. The Morgan fingerprint density at radius 1 is 1.31 bits per heavy atom. The summed E-state index contributed by atoms with van der Waals surface area (Å²) in [4.78, 5) is 2.24. The highest BCUT2D eigenvalue weighted by molar-refractivity contribution is 5.27. The Balaban J connectivity index is 2.03. The molecule has 13 heavy (non-hydrogen) atoms. The Morgan fingerprint density at radius 2 is 1.92 bits per heavy atom. The van der Waals surface area contributed by atoms with Gasteiger partial charge < -0.3 is 4.90 Å². The molecule has 0 spiro atoms. The molecule has 1 aliphatic rings. The van der Waals surface area contributed by atoms with Crippen LogP contribution in [0, 0.1) is 6.92 Å². The van der Waals surface area contributed by atoms with Crippen molar-refractivity contribution < 1.29 is 0 Å². The minimum Gasteiger partial charge on any atom is -0.377 e. The topological polar surface area (TPSA) is 3.24 Å². The van der Waals surface area contributed by atoms with Crippen LogP contribution in [0.25, 0.3) is 0 Å². The Hall–Kier alpha value is -1.24. The normalized spacial score (nSPS) is 16.8. The SMILES string of the molecule is C=CN1CC(c2ccc(C)cc2)C1. The van der Waals surface area contributed by atoms with Crippen LogP contribution >= 0.6 is 0 Å². The molecule has 1 heteroatoms. The fraction of sp³-hybridized carbons (Fsp3) is 0.333. The van der Waals surface area contributed by atoms with Crippen molar-refractivity contribution in [3.63, 3.8) is 0 Å². The summed E-state index contributed by atoms with van der Waals surface area (Å²) in [6.07, 6.45) is 1.92. The number of aryl methyl sites for hydroxylation is 1. The molecule has 1 aromatic rings. The van der Waals surface area contributed by atoms with Crippen molar-refractivity contribution in [2.24, 2.45) is 0 Å². The van der Waals surface area contributed by atoms with Crippen LogP contribution in [0.1, 0.15) is 17.0 Å². The zero-order valence-corrected chi connectivity index (χ0v) is 8.03. The summed E-state index contributed by atoms with van der Waals surface area (Å²) in [5, 5.41) is 0. The van der Waals surface area contributed by atoms with Crippen molar-refractivity contribution in [3.05, 3.63) is 48.2 Å². The monoisotopic (exact) mass is 173 g/mol. The van der Waals surface area contributed by atoms with E-state index in [1.165, 1.54) is 11.1 Å². The third-order valence-corrected chi connectivity index (χ3v) is 2.72. The summed E-state index contributed by atoms with van der Waals surface area (Å²) in [5.74, 6) is 0.721. The molecule has 0 bridgehead atoms. The Bertz CT molecular complexity index is 293. The second-order valence-electron chi connectivity index (χ2n) is 3.74. The van der Waals surface area contributed by atoms with E-state index in [2.05, 4.69) is 42.7 Å². The summed E-state index contributed by atoms with van der Waals surface area (Å²) in [6.45, 7) is 8.14. The van der Waals surface area contributed by atoms with Crippen LogP contribution in [0.3, 0.4) is 0 Å². The lowest BCUT2D eigenvalue weighted by Crippen LogP contribution is -2.40. The average molecular weight is 173 g/mol. The summed E-state index contributed by atoms with van der Waals surface area (Å²) in [5.41, 5.74) is 2.80. The lowest BCUT2D eigenvalue weighted by molar-refractivity contribution is 0.221. The van der Waals surface area contributed by atoms with E-state index < -0.39 is 0 Å². The first-order valence-corrected chi connectivity index (χ1v) is 4.73. The van der Waals surface area contributed by atoms with Gasteiger partial charge in [-0.25, -0.2) is 0 Å². The second-order valence-corrected chi connectivity index (χ2v) is 3.74. The van der Waals surface area contributed by atoms with Crippen LogP contribution in [0.5, 0.6) is 0 Å². The highest BCUT2D eigenvalue weighted by atomic mass is 15.2. The Kier molecular flexibility index (Phi) is 2.09. The first-order chi connectivity index (χ1) is 6.29. The molecule has 1 aliphatic heterocycles. The molecule has 0 N–H and O–H groups in total. The third-order valence-electron chi connectivity index (χ3n) is 2.72. The fourth-order valence-corrected chi connectivity index (χ4v) is 1.71. The molecule has 68 valence electrons. The van der Waals surface area contributed by atoms with E-state index in [1.54, 1.807) is 0 Å². The van der Waals surface area contributed by atoms with E-state index >= 15 is 0 Å². The fourth-order valence-electron chi connectivity index (χ4n) is 1.71. The van der Waals surface area contributed by atoms with E-state index in [0.29, 0.717) is 0 Å². The zero-order valence-electron chi connectivity index (χ0n) is 8.03. The van der Waals surface area contributed by atoms with Gasteiger partial charge in [0.1, 0.15) is 0 Å². The molecule has 0 amide bonds. The van der Waals surface area contributed by atoms with Crippen molar-refractivity contribution >= 4 is 0 Å². The summed E-state index contributed by atoms with van der Waals surface area (Å²) in [6, 6.07) is 8.85. The Morgan fingerprint density at radius 3 is 2.46 bits per heavy atom. The molecule has 0 atom stereocenters. The van der Waals surface area contributed by atoms with Gasteiger partial charge in [0, 0.05) is 19.0 Å². The smallest absolute Gasteiger partial charge is 0.0258 e. The predicted molar refractivity (Wildman–Crippen MR) is 55.7 cm³/mol. The molecule has 0 radical (unpaired) electrons. The van der Waals surface area contributed by atoms with Crippen molar-refractivity contribution in [3.8, 4) is 0 Å². The van der Waals surface area contributed by atoms with Crippen molar-refractivity contribution in [2.45, 2.75) is 12.8 Å². The number of hydrogen-bond donors (Lipinski definition) is 0. The predicted octanol–water partition coefficient (Wildman–Crippen LogP) is 2.54.